The average Bonchev–Trinajstić information content (AvgIpc) is 2.84. The Kier molecular flexibility index (Phi) is 2.82. The van der Waals surface area contributed by atoms with Crippen LogP contribution < -0.4 is 0 Å². The van der Waals surface area contributed by atoms with Gasteiger partial charge in [0.1, 0.15) is 0 Å². The minimum atomic E-state index is -0.514. The highest BCUT2D eigenvalue weighted by Gasteiger charge is 2.11. The summed E-state index contributed by atoms with van der Waals surface area (Å²) in [6.07, 6.45) is 3.62. The third-order valence-corrected chi connectivity index (χ3v) is 3.08. The van der Waals surface area contributed by atoms with Gasteiger partial charge in [0, 0.05) is 23.7 Å². The lowest BCUT2D eigenvalue weighted by molar-refractivity contribution is 0.174. The minimum Gasteiger partial charge on any atom is -0.387 e. The molecule has 90 valence electrons. The van der Waals surface area contributed by atoms with E-state index in [4.69, 9.17) is 0 Å². The maximum Gasteiger partial charge on any atom is 0.0978 e. The van der Waals surface area contributed by atoms with Crippen LogP contribution in [-0.2, 0) is 6.42 Å². The van der Waals surface area contributed by atoms with E-state index in [9.17, 15) is 5.11 Å². The summed E-state index contributed by atoms with van der Waals surface area (Å²) in [5.74, 6) is 0. The number of benzene rings is 1. The number of hydrogen-bond acceptors (Lipinski definition) is 2. The maximum absolute atomic E-state index is 10.2. The van der Waals surface area contributed by atoms with Crippen LogP contribution in [0, 0.1) is 0 Å². The van der Waals surface area contributed by atoms with Crippen LogP contribution in [0.1, 0.15) is 17.4 Å². The number of aliphatic hydroxyl groups is 1. The number of aliphatic hydroxyl groups excluding tert-OH is 1. The number of rotatable bonds is 3. The fraction of sp³-hybridized carbons (Fsp3) is 0.133. The Labute approximate surface area is 105 Å². The van der Waals surface area contributed by atoms with Crippen molar-refractivity contribution in [2.45, 2.75) is 12.5 Å². The van der Waals surface area contributed by atoms with Gasteiger partial charge in [0.15, 0.2) is 0 Å². The summed E-state index contributed by atoms with van der Waals surface area (Å²) < 4.78 is 0. The van der Waals surface area contributed by atoms with E-state index in [1.54, 1.807) is 12.4 Å². The molecule has 0 spiro atoms. The lowest BCUT2D eigenvalue weighted by Crippen LogP contribution is -2.01. The van der Waals surface area contributed by atoms with E-state index >= 15 is 0 Å². The Hall–Kier alpha value is -2.13. The molecule has 3 aromatic rings. The van der Waals surface area contributed by atoms with Gasteiger partial charge in [0.2, 0.25) is 0 Å². The molecule has 18 heavy (non-hydrogen) atoms. The van der Waals surface area contributed by atoms with E-state index < -0.39 is 6.10 Å². The Balaban J connectivity index is 1.86. The van der Waals surface area contributed by atoms with Crippen molar-refractivity contribution in [3.05, 3.63) is 66.1 Å². The molecule has 3 nitrogen and oxygen atoms in total. The van der Waals surface area contributed by atoms with E-state index in [-0.39, 0.29) is 0 Å². The summed E-state index contributed by atoms with van der Waals surface area (Å²) in [6, 6.07) is 13.9. The summed E-state index contributed by atoms with van der Waals surface area (Å²) in [6.45, 7) is 0. The molecule has 1 aromatic carbocycles. The zero-order chi connectivity index (χ0) is 12.4. The fourth-order valence-corrected chi connectivity index (χ4v) is 2.12. The smallest absolute Gasteiger partial charge is 0.0978 e. The van der Waals surface area contributed by atoms with Gasteiger partial charge in [-0.1, -0.05) is 30.3 Å². The standard InChI is InChI=1S/C15H14N2O/c18-15(8-11-4-2-1-3-5-11)13-9-12-6-7-16-10-14(12)17-13/h1-7,9-10,15,17-18H,8H2/t15-/m1/s1. The quantitative estimate of drug-likeness (QED) is 0.737. The maximum atomic E-state index is 10.2. The van der Waals surface area contributed by atoms with E-state index in [0.717, 1.165) is 22.2 Å². The molecule has 2 aromatic heterocycles. The third-order valence-electron chi connectivity index (χ3n) is 3.08. The van der Waals surface area contributed by atoms with Crippen LogP contribution in [-0.4, -0.2) is 15.1 Å². The number of H-pyrrole nitrogens is 1. The number of pyridine rings is 1. The molecule has 3 rings (SSSR count). The zero-order valence-electron chi connectivity index (χ0n) is 9.88. The molecule has 2 N–H and O–H groups in total. The van der Waals surface area contributed by atoms with Crippen LogP contribution in [0.2, 0.25) is 0 Å². The van der Waals surface area contributed by atoms with Crippen molar-refractivity contribution >= 4 is 10.9 Å². The monoisotopic (exact) mass is 238 g/mol. The van der Waals surface area contributed by atoms with Crippen LogP contribution in [0.25, 0.3) is 10.9 Å². The summed E-state index contributed by atoms with van der Waals surface area (Å²) in [5, 5.41) is 11.3. The van der Waals surface area contributed by atoms with Gasteiger partial charge in [-0.25, -0.2) is 0 Å². The van der Waals surface area contributed by atoms with Crippen LogP contribution in [0.5, 0.6) is 0 Å². The van der Waals surface area contributed by atoms with Crippen molar-refractivity contribution in [2.75, 3.05) is 0 Å². The molecule has 0 radical (unpaired) electrons. The Morgan fingerprint density at radius 1 is 1.17 bits per heavy atom. The predicted octanol–water partition coefficient (Wildman–Crippen LogP) is 2.84. The summed E-state index contributed by atoms with van der Waals surface area (Å²) >= 11 is 0. The molecule has 0 unspecified atom stereocenters. The molecule has 2 heterocycles. The van der Waals surface area contributed by atoms with Gasteiger partial charge in [-0.2, -0.15) is 0 Å². The van der Waals surface area contributed by atoms with Crippen LogP contribution in [0.15, 0.2) is 54.9 Å². The number of nitrogens with one attached hydrogen (secondary N) is 1. The van der Waals surface area contributed by atoms with Gasteiger partial charge in [-0.3, -0.25) is 4.98 Å². The van der Waals surface area contributed by atoms with Crippen LogP contribution in [0.4, 0.5) is 0 Å². The second-order valence-corrected chi connectivity index (χ2v) is 4.39. The first-order valence-electron chi connectivity index (χ1n) is 5.97. The summed E-state index contributed by atoms with van der Waals surface area (Å²) in [4.78, 5) is 7.26. The van der Waals surface area contributed by atoms with Crippen molar-refractivity contribution in [1.29, 1.82) is 0 Å². The van der Waals surface area contributed by atoms with Crippen molar-refractivity contribution in [3.63, 3.8) is 0 Å². The van der Waals surface area contributed by atoms with Gasteiger partial charge in [-0.05, 0) is 17.7 Å². The molecule has 0 saturated carbocycles. The fourth-order valence-electron chi connectivity index (χ4n) is 2.12. The van der Waals surface area contributed by atoms with Crippen molar-refractivity contribution in [2.24, 2.45) is 0 Å². The third kappa shape index (κ3) is 2.13. The number of hydrogen-bond donors (Lipinski definition) is 2. The van der Waals surface area contributed by atoms with Crippen LogP contribution >= 0.6 is 0 Å². The summed E-state index contributed by atoms with van der Waals surface area (Å²) in [5.41, 5.74) is 2.92. The summed E-state index contributed by atoms with van der Waals surface area (Å²) in [7, 11) is 0. The van der Waals surface area contributed by atoms with Gasteiger partial charge in [0.25, 0.3) is 0 Å². The van der Waals surface area contributed by atoms with Gasteiger partial charge >= 0.3 is 0 Å². The Morgan fingerprint density at radius 2 is 2.00 bits per heavy atom. The van der Waals surface area contributed by atoms with Gasteiger partial charge < -0.3 is 10.1 Å². The van der Waals surface area contributed by atoms with Crippen molar-refractivity contribution in [1.82, 2.24) is 9.97 Å². The van der Waals surface area contributed by atoms with E-state index in [1.165, 1.54) is 0 Å². The SMILES string of the molecule is O[C@H](Cc1ccccc1)c1cc2ccncc2[nH]1. The van der Waals surface area contributed by atoms with E-state index in [0.29, 0.717) is 6.42 Å². The highest BCUT2D eigenvalue weighted by Crippen LogP contribution is 2.21. The Morgan fingerprint density at radius 3 is 2.78 bits per heavy atom. The van der Waals surface area contributed by atoms with Gasteiger partial charge in [0.05, 0.1) is 17.8 Å². The topological polar surface area (TPSA) is 48.9 Å². The molecule has 1 atom stereocenters. The minimum absolute atomic E-state index is 0.514. The molecular weight excluding hydrogens is 224 g/mol. The Bertz CT molecular complexity index is 613. The number of aromatic nitrogens is 2. The largest absolute Gasteiger partial charge is 0.387 e. The molecule has 0 fully saturated rings. The highest BCUT2D eigenvalue weighted by molar-refractivity contribution is 5.79. The lowest BCUT2D eigenvalue weighted by atomic mass is 10.1. The molecule has 0 aliphatic heterocycles. The number of fused-ring (bicyclic) bond motifs is 1. The molecule has 0 saturated heterocycles. The number of nitrogens with zero attached hydrogens (tertiary/aromatic N) is 1. The predicted molar refractivity (Wildman–Crippen MR) is 71.2 cm³/mol. The second kappa shape index (κ2) is 4.63. The normalized spacial score (nSPS) is 12.7. The lowest BCUT2D eigenvalue weighted by Gasteiger charge is -2.08. The number of aromatic amines is 1. The zero-order valence-corrected chi connectivity index (χ0v) is 9.88. The van der Waals surface area contributed by atoms with Crippen LogP contribution in [0.3, 0.4) is 0 Å². The molecule has 0 amide bonds. The first kappa shape index (κ1) is 11.0. The molecule has 0 bridgehead atoms. The van der Waals surface area contributed by atoms with Gasteiger partial charge in [-0.15, -0.1) is 0 Å². The molecular formula is C15H14N2O. The van der Waals surface area contributed by atoms with E-state index in [2.05, 4.69) is 9.97 Å². The molecule has 0 aliphatic rings. The highest BCUT2D eigenvalue weighted by atomic mass is 16.3. The molecule has 0 aliphatic carbocycles. The average molecular weight is 238 g/mol. The van der Waals surface area contributed by atoms with Crippen molar-refractivity contribution < 1.29 is 5.11 Å². The molecule has 3 heteroatoms. The van der Waals surface area contributed by atoms with Crippen molar-refractivity contribution in [3.8, 4) is 0 Å². The second-order valence-electron chi connectivity index (χ2n) is 4.39. The first-order chi connectivity index (χ1) is 8.83. The first-order valence-corrected chi connectivity index (χ1v) is 5.97. The van der Waals surface area contributed by atoms with E-state index in [1.807, 2.05) is 42.5 Å².